The third-order valence-electron chi connectivity index (χ3n) is 5.18. The molecule has 2 aromatic rings. The minimum absolute atomic E-state index is 0.0415. The quantitative estimate of drug-likeness (QED) is 0.307. The predicted octanol–water partition coefficient (Wildman–Crippen LogP) is 4.20. The zero-order valence-corrected chi connectivity index (χ0v) is 19.3. The molecule has 2 aromatic carbocycles. The molecular weight excluding hydrogens is 439 g/mol. The third kappa shape index (κ3) is 5.37. The molecule has 1 amide bonds. The molecule has 0 aliphatic rings. The van der Waals surface area contributed by atoms with Crippen LogP contribution in [0.15, 0.2) is 53.4 Å². The summed E-state index contributed by atoms with van der Waals surface area (Å²) >= 11 is 0. The van der Waals surface area contributed by atoms with E-state index in [9.17, 15) is 27.9 Å². The molecule has 1 unspecified atom stereocenters. The number of amides is 1. The maximum atomic E-state index is 13.7. The minimum Gasteiger partial charge on any atom is -0.497 e. The van der Waals surface area contributed by atoms with Crippen LogP contribution in [0.25, 0.3) is 0 Å². The van der Waals surface area contributed by atoms with E-state index >= 15 is 0 Å². The zero-order chi connectivity index (χ0) is 24.1. The van der Waals surface area contributed by atoms with Crippen LogP contribution in [-0.4, -0.2) is 53.5 Å². The van der Waals surface area contributed by atoms with Crippen LogP contribution in [0, 0.1) is 11.7 Å². The van der Waals surface area contributed by atoms with Gasteiger partial charge in [0, 0.05) is 13.0 Å². The van der Waals surface area contributed by atoms with Gasteiger partial charge in [0.25, 0.3) is 0 Å². The summed E-state index contributed by atoms with van der Waals surface area (Å²) in [5.74, 6) is -0.217. The van der Waals surface area contributed by atoms with Gasteiger partial charge in [-0.1, -0.05) is 32.9 Å². The Balaban J connectivity index is 2.70. The van der Waals surface area contributed by atoms with E-state index < -0.39 is 27.6 Å². The Hall–Kier alpha value is -2.69. The number of rotatable bonds is 10. The van der Waals surface area contributed by atoms with Gasteiger partial charge in [-0.15, -0.1) is 0 Å². The number of benzene rings is 2. The second-order valence-electron chi connectivity index (χ2n) is 7.84. The average molecular weight is 469 g/mol. The molecule has 0 bridgehead atoms. The van der Waals surface area contributed by atoms with Crippen LogP contribution in [0.5, 0.6) is 5.75 Å². The molecule has 32 heavy (non-hydrogen) atoms. The summed E-state index contributed by atoms with van der Waals surface area (Å²) in [6, 6.07) is 11.0. The number of sulfonamides is 1. The van der Waals surface area contributed by atoms with E-state index in [-0.39, 0.29) is 35.3 Å². The third-order valence-corrected chi connectivity index (χ3v) is 7.12. The summed E-state index contributed by atoms with van der Waals surface area (Å²) < 4.78 is 47.0. The van der Waals surface area contributed by atoms with Gasteiger partial charge in [0.2, 0.25) is 10.0 Å². The van der Waals surface area contributed by atoms with Crippen LogP contribution in [0.2, 0.25) is 0 Å². The van der Waals surface area contributed by atoms with Crippen molar-refractivity contribution >= 4 is 16.1 Å². The average Bonchev–Trinajstić information content (AvgIpc) is 2.76. The summed E-state index contributed by atoms with van der Waals surface area (Å²) in [5, 5.41) is 20.3. The summed E-state index contributed by atoms with van der Waals surface area (Å²) in [6.07, 6.45) is -1.95. The number of nitrogens with zero attached hydrogens (tertiary/aromatic N) is 2. The molecule has 0 fully saturated rings. The van der Waals surface area contributed by atoms with Crippen LogP contribution in [0.3, 0.4) is 0 Å². The van der Waals surface area contributed by atoms with Crippen LogP contribution in [0.1, 0.15) is 32.8 Å². The van der Waals surface area contributed by atoms with Crippen LogP contribution in [-0.2, 0) is 16.4 Å². The van der Waals surface area contributed by atoms with Gasteiger partial charge in [0.05, 0.1) is 12.0 Å². The molecule has 8 nitrogen and oxygen atoms in total. The molecule has 0 saturated heterocycles. The van der Waals surface area contributed by atoms with E-state index in [1.807, 2.05) is 0 Å². The van der Waals surface area contributed by atoms with E-state index in [4.69, 9.17) is 4.74 Å². The Bertz CT molecular complexity index is 1010. The number of carboxylic acid groups (broad SMARTS) is 1. The van der Waals surface area contributed by atoms with Gasteiger partial charge in [-0.05, 0) is 54.3 Å². The first-order valence-electron chi connectivity index (χ1n) is 10.1. The first-order valence-corrected chi connectivity index (χ1v) is 11.5. The highest BCUT2D eigenvalue weighted by Gasteiger charge is 2.49. The molecule has 1 atom stereocenters. The van der Waals surface area contributed by atoms with Crippen molar-refractivity contribution in [2.75, 3.05) is 13.7 Å². The number of methoxy groups -OCH3 is 1. The fraction of sp³-hybridized carbons (Fsp3) is 0.409. The Morgan fingerprint density at radius 1 is 1.12 bits per heavy atom. The molecule has 0 aromatic heterocycles. The van der Waals surface area contributed by atoms with Gasteiger partial charge in [0.15, 0.2) is 0 Å². The second-order valence-corrected chi connectivity index (χ2v) is 9.70. The van der Waals surface area contributed by atoms with Gasteiger partial charge in [-0.3, -0.25) is 5.21 Å². The highest BCUT2D eigenvalue weighted by molar-refractivity contribution is 7.89. The number of hydrogen-bond acceptors (Lipinski definition) is 5. The molecule has 2 rings (SSSR count). The smallest absolute Gasteiger partial charge is 0.433 e. The highest BCUT2D eigenvalue weighted by atomic mass is 32.2. The van der Waals surface area contributed by atoms with Crippen LogP contribution >= 0.6 is 0 Å². The number of hydroxylamine groups is 2. The number of halogens is 1. The van der Waals surface area contributed by atoms with Crippen molar-refractivity contribution in [3.63, 3.8) is 0 Å². The van der Waals surface area contributed by atoms with Crippen LogP contribution in [0.4, 0.5) is 9.18 Å². The normalized spacial score (nSPS) is 13.8. The molecule has 0 spiro atoms. The van der Waals surface area contributed by atoms with Crippen molar-refractivity contribution in [1.82, 2.24) is 9.37 Å². The standard InChI is InChI=1S/C22H29FN2O6S/c1-5-22(25(28)21(26)27,14-17-6-8-18(23)9-7-17)24(15-16(2)3)32(29,30)20-12-10-19(31-4)11-13-20/h6-13,16,28H,5,14-15H2,1-4H3,(H,26,27). The van der Waals surface area contributed by atoms with Crippen molar-refractivity contribution < 1.29 is 32.7 Å². The summed E-state index contributed by atoms with van der Waals surface area (Å²) in [5.41, 5.74) is -1.40. The molecule has 2 N–H and O–H groups in total. The molecule has 0 aliphatic carbocycles. The SMILES string of the molecule is CCC(Cc1ccc(F)cc1)(N(O)C(=O)O)N(CC(C)C)S(=O)(=O)c1ccc(OC)cc1. The first kappa shape index (κ1) is 25.6. The lowest BCUT2D eigenvalue weighted by molar-refractivity contribution is -0.183. The fourth-order valence-electron chi connectivity index (χ4n) is 3.53. The molecular formula is C22H29FN2O6S. The molecule has 0 heterocycles. The summed E-state index contributed by atoms with van der Waals surface area (Å²) in [6.45, 7) is 5.11. The summed E-state index contributed by atoms with van der Waals surface area (Å²) in [4.78, 5) is 11.8. The topological polar surface area (TPSA) is 107 Å². The van der Waals surface area contributed by atoms with Crippen molar-refractivity contribution in [3.05, 3.63) is 59.9 Å². The Morgan fingerprint density at radius 2 is 1.69 bits per heavy atom. The number of carbonyl (C=O) groups is 1. The summed E-state index contributed by atoms with van der Waals surface area (Å²) in [7, 11) is -2.80. The van der Waals surface area contributed by atoms with Crippen molar-refractivity contribution in [2.24, 2.45) is 5.92 Å². The molecule has 0 aliphatic heterocycles. The largest absolute Gasteiger partial charge is 0.497 e. The van der Waals surface area contributed by atoms with Gasteiger partial charge in [-0.25, -0.2) is 17.6 Å². The Kier molecular flexibility index (Phi) is 8.22. The lowest BCUT2D eigenvalue weighted by Crippen LogP contribution is -2.64. The highest BCUT2D eigenvalue weighted by Crippen LogP contribution is 2.35. The van der Waals surface area contributed by atoms with Crippen LogP contribution < -0.4 is 4.74 Å². The van der Waals surface area contributed by atoms with E-state index in [1.54, 1.807) is 20.8 Å². The molecule has 176 valence electrons. The molecule has 0 radical (unpaired) electrons. The van der Waals surface area contributed by atoms with Crippen molar-refractivity contribution in [2.45, 2.75) is 44.2 Å². The molecule has 0 saturated carbocycles. The maximum Gasteiger partial charge on any atom is 0.433 e. The van der Waals surface area contributed by atoms with Gasteiger partial charge in [-0.2, -0.15) is 9.37 Å². The Morgan fingerprint density at radius 3 is 2.12 bits per heavy atom. The minimum atomic E-state index is -4.26. The Labute approximate surface area is 187 Å². The first-order chi connectivity index (χ1) is 15.0. The molecule has 10 heteroatoms. The monoisotopic (exact) mass is 468 g/mol. The zero-order valence-electron chi connectivity index (χ0n) is 18.5. The maximum absolute atomic E-state index is 13.7. The lowest BCUT2D eigenvalue weighted by atomic mass is 9.95. The van der Waals surface area contributed by atoms with E-state index in [0.717, 1.165) is 4.31 Å². The van der Waals surface area contributed by atoms with E-state index in [0.29, 0.717) is 11.3 Å². The van der Waals surface area contributed by atoms with Crippen molar-refractivity contribution in [1.29, 1.82) is 0 Å². The predicted molar refractivity (Wildman–Crippen MR) is 117 cm³/mol. The van der Waals surface area contributed by atoms with Gasteiger partial charge >= 0.3 is 6.09 Å². The second kappa shape index (κ2) is 10.3. The lowest BCUT2D eigenvalue weighted by Gasteiger charge is -2.46. The number of ether oxygens (including phenoxy) is 1. The number of hydrogen-bond donors (Lipinski definition) is 2. The van der Waals surface area contributed by atoms with Gasteiger partial charge < -0.3 is 9.84 Å². The fourth-order valence-corrected chi connectivity index (χ4v) is 5.47. The van der Waals surface area contributed by atoms with E-state index in [1.165, 1.54) is 55.6 Å². The van der Waals surface area contributed by atoms with Crippen molar-refractivity contribution in [3.8, 4) is 5.75 Å². The van der Waals surface area contributed by atoms with E-state index in [2.05, 4.69) is 0 Å². The van der Waals surface area contributed by atoms with Gasteiger partial charge in [0.1, 0.15) is 17.2 Å².